The van der Waals surface area contributed by atoms with Gasteiger partial charge in [0.25, 0.3) is 0 Å². The smallest absolute Gasteiger partial charge is 0.0248 e. The second-order valence-corrected chi connectivity index (χ2v) is 9.09. The third-order valence-corrected chi connectivity index (χ3v) is 7.47. The van der Waals surface area contributed by atoms with E-state index >= 15 is 0 Å². The van der Waals surface area contributed by atoms with Gasteiger partial charge < -0.3 is 5.32 Å². The van der Waals surface area contributed by atoms with Gasteiger partial charge in [0.05, 0.1) is 0 Å². The maximum absolute atomic E-state index is 3.80. The van der Waals surface area contributed by atoms with Gasteiger partial charge in [-0.25, -0.2) is 0 Å². The van der Waals surface area contributed by atoms with Crippen LogP contribution in [-0.2, 0) is 6.54 Å². The molecule has 0 unspecified atom stereocenters. The fourth-order valence-corrected chi connectivity index (χ4v) is 5.97. The largest absolute Gasteiger partial charge is 0.312 e. The quantitative estimate of drug-likeness (QED) is 0.840. The lowest BCUT2D eigenvalue weighted by Gasteiger charge is -2.32. The van der Waals surface area contributed by atoms with Crippen molar-refractivity contribution in [3.63, 3.8) is 0 Å². The summed E-state index contributed by atoms with van der Waals surface area (Å²) in [6.07, 6.45) is 4.12. The number of rotatable bonds is 6. The molecule has 128 valence electrons. The van der Waals surface area contributed by atoms with Gasteiger partial charge in [0.2, 0.25) is 0 Å². The van der Waals surface area contributed by atoms with Crippen LogP contribution in [0.15, 0.2) is 30.3 Å². The number of nitrogens with zero attached hydrogens (tertiary/aromatic N) is 1. The highest BCUT2D eigenvalue weighted by molar-refractivity contribution is 8.03. The van der Waals surface area contributed by atoms with E-state index in [-0.39, 0.29) is 0 Å². The second-order valence-electron chi connectivity index (χ2n) is 6.79. The molecular weight excluding hydrogens is 320 g/mol. The molecule has 2 heterocycles. The minimum Gasteiger partial charge on any atom is -0.312 e. The normalized spacial score (nSPS) is 22.1. The Morgan fingerprint density at radius 1 is 1.00 bits per heavy atom. The summed E-state index contributed by atoms with van der Waals surface area (Å²) in [6, 6.07) is 11.6. The van der Waals surface area contributed by atoms with Crippen molar-refractivity contribution in [3.8, 4) is 0 Å². The third-order valence-electron chi connectivity index (χ3n) is 4.95. The zero-order valence-corrected chi connectivity index (χ0v) is 15.7. The summed E-state index contributed by atoms with van der Waals surface area (Å²) in [5.74, 6) is 6.22. The van der Waals surface area contributed by atoms with E-state index in [1.807, 2.05) is 0 Å². The van der Waals surface area contributed by atoms with Crippen LogP contribution in [-0.4, -0.2) is 53.6 Å². The molecule has 0 spiro atoms. The van der Waals surface area contributed by atoms with Crippen molar-refractivity contribution in [2.75, 3.05) is 42.6 Å². The van der Waals surface area contributed by atoms with Crippen molar-refractivity contribution < 1.29 is 0 Å². The molecule has 1 aromatic carbocycles. The monoisotopic (exact) mass is 350 g/mol. The lowest BCUT2D eigenvalue weighted by atomic mass is 9.93. The van der Waals surface area contributed by atoms with Crippen LogP contribution in [0.1, 0.15) is 24.8 Å². The Bertz CT molecular complexity index is 424. The standard InChI is InChI=1S/C19H30N2S2/c1-2-4-18(5-3-1)14-21-10-7-17(8-11-21)6-9-20-19-15-22-12-13-23-16-19/h1-5,17,19-20H,6-16H2. The first kappa shape index (κ1) is 17.7. The van der Waals surface area contributed by atoms with Gasteiger partial charge in [-0.2, -0.15) is 23.5 Å². The lowest BCUT2D eigenvalue weighted by Crippen LogP contribution is -2.37. The predicted octanol–water partition coefficient (Wildman–Crippen LogP) is 3.73. The predicted molar refractivity (Wildman–Crippen MR) is 106 cm³/mol. The Hall–Kier alpha value is -0.160. The minimum atomic E-state index is 0.741. The molecular formula is C19H30N2S2. The summed E-state index contributed by atoms with van der Waals surface area (Å²) >= 11 is 4.24. The summed E-state index contributed by atoms with van der Waals surface area (Å²) in [5.41, 5.74) is 1.45. The van der Waals surface area contributed by atoms with E-state index in [1.54, 1.807) is 0 Å². The summed E-state index contributed by atoms with van der Waals surface area (Å²) in [6.45, 7) is 4.89. The highest BCUT2D eigenvalue weighted by atomic mass is 32.2. The van der Waals surface area contributed by atoms with Crippen LogP contribution in [0.4, 0.5) is 0 Å². The Balaban J connectivity index is 1.30. The van der Waals surface area contributed by atoms with E-state index in [0.717, 1.165) is 18.5 Å². The molecule has 3 rings (SSSR count). The van der Waals surface area contributed by atoms with Crippen molar-refractivity contribution >= 4 is 23.5 Å². The van der Waals surface area contributed by atoms with Gasteiger partial charge in [-0.3, -0.25) is 4.90 Å². The summed E-state index contributed by atoms with van der Waals surface area (Å²) in [4.78, 5) is 2.62. The first-order valence-electron chi connectivity index (χ1n) is 9.05. The molecule has 0 radical (unpaired) electrons. The van der Waals surface area contributed by atoms with Gasteiger partial charge in [0.1, 0.15) is 0 Å². The van der Waals surface area contributed by atoms with Crippen LogP contribution in [0.5, 0.6) is 0 Å². The first-order valence-corrected chi connectivity index (χ1v) is 11.4. The highest BCUT2D eigenvalue weighted by Gasteiger charge is 2.19. The average Bonchev–Trinajstić information content (AvgIpc) is 2.86. The minimum absolute atomic E-state index is 0.741. The zero-order chi connectivity index (χ0) is 15.7. The van der Waals surface area contributed by atoms with E-state index < -0.39 is 0 Å². The fraction of sp³-hybridized carbons (Fsp3) is 0.684. The van der Waals surface area contributed by atoms with E-state index in [0.29, 0.717) is 0 Å². The molecule has 1 aromatic rings. The molecule has 2 aliphatic heterocycles. The van der Waals surface area contributed by atoms with Crippen molar-refractivity contribution in [1.82, 2.24) is 10.2 Å². The number of hydrogen-bond acceptors (Lipinski definition) is 4. The Morgan fingerprint density at radius 2 is 1.70 bits per heavy atom. The van der Waals surface area contributed by atoms with Crippen molar-refractivity contribution in [3.05, 3.63) is 35.9 Å². The number of benzene rings is 1. The molecule has 23 heavy (non-hydrogen) atoms. The number of thioether (sulfide) groups is 2. The molecule has 0 bridgehead atoms. The third kappa shape index (κ3) is 6.33. The summed E-state index contributed by atoms with van der Waals surface area (Å²) in [5, 5.41) is 3.80. The number of piperidine rings is 1. The van der Waals surface area contributed by atoms with Gasteiger partial charge >= 0.3 is 0 Å². The van der Waals surface area contributed by atoms with Gasteiger partial charge in [0.15, 0.2) is 0 Å². The van der Waals surface area contributed by atoms with Gasteiger partial charge in [-0.15, -0.1) is 0 Å². The van der Waals surface area contributed by atoms with Crippen molar-refractivity contribution in [1.29, 1.82) is 0 Å². The Kier molecular flexibility index (Phi) is 7.66. The molecule has 0 amide bonds. The fourth-order valence-electron chi connectivity index (χ4n) is 3.50. The number of nitrogens with one attached hydrogen (secondary N) is 1. The molecule has 2 aliphatic rings. The summed E-state index contributed by atoms with van der Waals surface area (Å²) in [7, 11) is 0. The maximum atomic E-state index is 3.80. The maximum Gasteiger partial charge on any atom is 0.0248 e. The van der Waals surface area contributed by atoms with Crippen LogP contribution in [0.25, 0.3) is 0 Å². The van der Waals surface area contributed by atoms with E-state index in [2.05, 4.69) is 64.1 Å². The van der Waals surface area contributed by atoms with Crippen molar-refractivity contribution in [2.24, 2.45) is 5.92 Å². The SMILES string of the molecule is c1ccc(CN2CCC(CCNC3CSCCSC3)CC2)cc1. The van der Waals surface area contributed by atoms with Crippen LogP contribution in [0, 0.1) is 5.92 Å². The molecule has 2 nitrogen and oxygen atoms in total. The molecule has 0 atom stereocenters. The van der Waals surface area contributed by atoms with Crippen molar-refractivity contribution in [2.45, 2.75) is 31.8 Å². The molecule has 4 heteroatoms. The topological polar surface area (TPSA) is 15.3 Å². The number of hydrogen-bond donors (Lipinski definition) is 1. The summed E-state index contributed by atoms with van der Waals surface area (Å²) < 4.78 is 0. The van der Waals surface area contributed by atoms with E-state index in [9.17, 15) is 0 Å². The molecule has 2 fully saturated rings. The van der Waals surface area contributed by atoms with Gasteiger partial charge in [-0.05, 0) is 50.4 Å². The van der Waals surface area contributed by atoms with E-state index in [4.69, 9.17) is 0 Å². The van der Waals surface area contributed by atoms with Gasteiger partial charge in [-0.1, -0.05) is 30.3 Å². The average molecular weight is 351 g/mol. The molecule has 1 N–H and O–H groups in total. The van der Waals surface area contributed by atoms with Crippen LogP contribution < -0.4 is 5.32 Å². The van der Waals surface area contributed by atoms with Crippen LogP contribution in [0.3, 0.4) is 0 Å². The Morgan fingerprint density at radius 3 is 2.39 bits per heavy atom. The van der Waals surface area contributed by atoms with E-state index in [1.165, 1.54) is 67.5 Å². The molecule has 0 saturated carbocycles. The van der Waals surface area contributed by atoms with Gasteiger partial charge in [0, 0.05) is 35.6 Å². The highest BCUT2D eigenvalue weighted by Crippen LogP contribution is 2.22. The Labute approximate surface area is 150 Å². The second kappa shape index (κ2) is 9.97. The zero-order valence-electron chi connectivity index (χ0n) is 14.1. The van der Waals surface area contributed by atoms with Crippen LogP contribution >= 0.6 is 23.5 Å². The molecule has 0 aliphatic carbocycles. The molecule has 0 aromatic heterocycles. The van der Waals surface area contributed by atoms with Crippen LogP contribution in [0.2, 0.25) is 0 Å². The lowest BCUT2D eigenvalue weighted by molar-refractivity contribution is 0.171. The first-order chi connectivity index (χ1) is 11.4. The number of likely N-dealkylation sites (tertiary alicyclic amines) is 1. The molecule has 2 saturated heterocycles.